The van der Waals surface area contributed by atoms with E-state index in [4.69, 9.17) is 23.8 Å². The molecule has 3 heterocycles. The van der Waals surface area contributed by atoms with Crippen molar-refractivity contribution in [3.8, 4) is 56.4 Å². The number of benzene rings is 8. The lowest BCUT2D eigenvalue weighted by atomic mass is 9.95. The minimum Gasteiger partial charge on any atom is -0.456 e. The van der Waals surface area contributed by atoms with E-state index in [1.165, 1.54) is 5.39 Å². The molecule has 0 unspecified atom stereocenters. The first-order chi connectivity index (χ1) is 26.7. The number of nitrogens with zero attached hydrogens (tertiary/aromatic N) is 3. The fourth-order valence-electron chi connectivity index (χ4n) is 7.59. The molecule has 0 fully saturated rings. The minimum absolute atomic E-state index is 0.586. The van der Waals surface area contributed by atoms with Gasteiger partial charge >= 0.3 is 0 Å². The summed E-state index contributed by atoms with van der Waals surface area (Å²) in [6.45, 7) is 0. The van der Waals surface area contributed by atoms with Crippen molar-refractivity contribution in [2.75, 3.05) is 0 Å². The van der Waals surface area contributed by atoms with Gasteiger partial charge in [-0.25, -0.2) is 15.0 Å². The smallest absolute Gasteiger partial charge is 0.164 e. The molecular weight excluding hydrogens is 663 g/mol. The van der Waals surface area contributed by atoms with Crippen molar-refractivity contribution in [3.05, 3.63) is 176 Å². The molecule has 54 heavy (non-hydrogen) atoms. The molecule has 11 rings (SSSR count). The molecule has 0 saturated heterocycles. The van der Waals surface area contributed by atoms with Crippen molar-refractivity contribution in [2.24, 2.45) is 0 Å². The Kier molecular flexibility index (Phi) is 6.79. The van der Waals surface area contributed by atoms with Gasteiger partial charge in [0, 0.05) is 43.8 Å². The Morgan fingerprint density at radius 1 is 0.296 bits per heavy atom. The maximum atomic E-state index is 6.62. The van der Waals surface area contributed by atoms with Gasteiger partial charge in [0.25, 0.3) is 0 Å². The summed E-state index contributed by atoms with van der Waals surface area (Å²) < 4.78 is 12.8. The molecule has 3 aromatic heterocycles. The van der Waals surface area contributed by atoms with Crippen molar-refractivity contribution >= 4 is 54.6 Å². The quantitative estimate of drug-likeness (QED) is 0.180. The van der Waals surface area contributed by atoms with Gasteiger partial charge in [-0.15, -0.1) is 0 Å². The fraction of sp³-hybridized carbons (Fsp3) is 0. The second-order valence-electron chi connectivity index (χ2n) is 13.6. The lowest BCUT2D eigenvalue weighted by molar-refractivity contribution is 0.669. The fourth-order valence-corrected chi connectivity index (χ4v) is 7.59. The summed E-state index contributed by atoms with van der Waals surface area (Å²) in [5, 5.41) is 6.69. The van der Waals surface area contributed by atoms with Crippen LogP contribution in [0.15, 0.2) is 185 Å². The summed E-state index contributed by atoms with van der Waals surface area (Å²) in [5.41, 5.74) is 10.5. The van der Waals surface area contributed by atoms with Crippen molar-refractivity contribution in [2.45, 2.75) is 0 Å². The van der Waals surface area contributed by atoms with E-state index < -0.39 is 0 Å². The molecule has 0 amide bonds. The number of hydrogen-bond acceptors (Lipinski definition) is 5. The molecule has 0 N–H and O–H groups in total. The maximum absolute atomic E-state index is 6.62. The van der Waals surface area contributed by atoms with E-state index in [2.05, 4.69) is 115 Å². The first-order valence-corrected chi connectivity index (χ1v) is 18.0. The van der Waals surface area contributed by atoms with E-state index in [-0.39, 0.29) is 0 Å². The van der Waals surface area contributed by atoms with E-state index in [9.17, 15) is 0 Å². The van der Waals surface area contributed by atoms with Crippen LogP contribution in [-0.4, -0.2) is 15.0 Å². The molecule has 0 radical (unpaired) electrons. The second kappa shape index (κ2) is 12.1. The van der Waals surface area contributed by atoms with E-state index in [0.29, 0.717) is 17.5 Å². The van der Waals surface area contributed by atoms with Crippen LogP contribution < -0.4 is 0 Å². The molecule has 5 nitrogen and oxygen atoms in total. The highest BCUT2D eigenvalue weighted by Crippen LogP contribution is 2.41. The third kappa shape index (κ3) is 5.06. The largest absolute Gasteiger partial charge is 0.456 e. The molecule has 0 bridgehead atoms. The van der Waals surface area contributed by atoms with Crippen molar-refractivity contribution < 1.29 is 8.83 Å². The van der Waals surface area contributed by atoms with Crippen molar-refractivity contribution in [1.29, 1.82) is 0 Å². The number of rotatable bonds is 5. The van der Waals surface area contributed by atoms with Crippen LogP contribution in [-0.2, 0) is 0 Å². The van der Waals surface area contributed by atoms with Gasteiger partial charge < -0.3 is 8.83 Å². The molecule has 0 aliphatic carbocycles. The molecule has 0 aliphatic heterocycles. The Morgan fingerprint density at radius 2 is 0.852 bits per heavy atom. The highest BCUT2D eigenvalue weighted by atomic mass is 16.3. The summed E-state index contributed by atoms with van der Waals surface area (Å²) in [4.78, 5) is 15.0. The normalized spacial score (nSPS) is 11.7. The topological polar surface area (TPSA) is 65.0 Å². The van der Waals surface area contributed by atoms with Crippen LogP contribution in [0.1, 0.15) is 0 Å². The number of para-hydroxylation sites is 1. The van der Waals surface area contributed by atoms with Gasteiger partial charge in [0.15, 0.2) is 17.5 Å². The van der Waals surface area contributed by atoms with Gasteiger partial charge in [0.2, 0.25) is 0 Å². The van der Waals surface area contributed by atoms with Gasteiger partial charge in [-0.1, -0.05) is 133 Å². The van der Waals surface area contributed by atoms with Gasteiger partial charge in [0.05, 0.1) is 0 Å². The molecule has 8 aromatic carbocycles. The van der Waals surface area contributed by atoms with Gasteiger partial charge in [-0.2, -0.15) is 0 Å². The van der Waals surface area contributed by atoms with E-state index in [1.807, 2.05) is 60.7 Å². The number of fused-ring (bicyclic) bond motifs is 7. The van der Waals surface area contributed by atoms with Crippen LogP contribution in [0.2, 0.25) is 0 Å². The van der Waals surface area contributed by atoms with Crippen LogP contribution in [0, 0.1) is 0 Å². The van der Waals surface area contributed by atoms with Crippen molar-refractivity contribution in [1.82, 2.24) is 15.0 Å². The van der Waals surface area contributed by atoms with Crippen LogP contribution in [0.25, 0.3) is 111 Å². The molecule has 252 valence electrons. The van der Waals surface area contributed by atoms with Crippen molar-refractivity contribution in [3.63, 3.8) is 0 Å². The molecule has 0 aliphatic rings. The summed E-state index contributed by atoms with van der Waals surface area (Å²) in [6.07, 6.45) is 0. The van der Waals surface area contributed by atoms with Crippen LogP contribution in [0.4, 0.5) is 0 Å². The first-order valence-electron chi connectivity index (χ1n) is 18.0. The Balaban J connectivity index is 1.04. The Morgan fingerprint density at radius 3 is 1.61 bits per heavy atom. The summed E-state index contributed by atoms with van der Waals surface area (Å²) >= 11 is 0. The third-order valence-corrected chi connectivity index (χ3v) is 10.3. The Bertz CT molecular complexity index is 3200. The van der Waals surface area contributed by atoms with E-state index >= 15 is 0 Å². The zero-order valence-electron chi connectivity index (χ0n) is 28.9. The molecule has 11 aromatic rings. The monoisotopic (exact) mass is 691 g/mol. The summed E-state index contributed by atoms with van der Waals surface area (Å²) in [5.74, 6) is 1.80. The lowest BCUT2D eigenvalue weighted by Crippen LogP contribution is -2.00. The zero-order chi connectivity index (χ0) is 35.6. The van der Waals surface area contributed by atoms with Crippen LogP contribution in [0.5, 0.6) is 0 Å². The third-order valence-electron chi connectivity index (χ3n) is 10.3. The number of hydrogen-bond donors (Lipinski definition) is 0. The molecule has 0 saturated carbocycles. The van der Waals surface area contributed by atoms with E-state index in [0.717, 1.165) is 88.2 Å². The predicted octanol–water partition coefficient (Wildman–Crippen LogP) is 13.2. The summed E-state index contributed by atoms with van der Waals surface area (Å²) in [6, 6.07) is 60.6. The predicted molar refractivity (Wildman–Crippen MR) is 219 cm³/mol. The van der Waals surface area contributed by atoms with Gasteiger partial charge in [-0.05, 0) is 69.9 Å². The van der Waals surface area contributed by atoms with E-state index in [1.54, 1.807) is 0 Å². The molecule has 0 atom stereocenters. The lowest BCUT2D eigenvalue weighted by Gasteiger charge is -2.10. The molecule has 5 heteroatoms. The van der Waals surface area contributed by atoms with Gasteiger partial charge in [-0.3, -0.25) is 0 Å². The number of furan rings is 2. The highest BCUT2D eigenvalue weighted by molar-refractivity contribution is 6.14. The van der Waals surface area contributed by atoms with Gasteiger partial charge in [0.1, 0.15) is 22.3 Å². The minimum atomic E-state index is 0.586. The summed E-state index contributed by atoms with van der Waals surface area (Å²) in [7, 11) is 0. The average molecular weight is 692 g/mol. The average Bonchev–Trinajstić information content (AvgIpc) is 3.80. The Labute approximate surface area is 309 Å². The maximum Gasteiger partial charge on any atom is 0.164 e. The first kappa shape index (κ1) is 30.3. The zero-order valence-corrected chi connectivity index (χ0v) is 28.9. The molecule has 0 spiro atoms. The highest BCUT2D eigenvalue weighted by Gasteiger charge is 2.18. The SMILES string of the molecule is c1ccc(-c2nc(-c3ccc(-c4cc(-c5ccccc5)c5oc6cc7ccccc7cc6c5c4)cc3)nc(-c3ccc4c(c3)oc3ccccc34)n2)cc1. The standard InChI is InChI=1S/C49H29N3O2/c1-3-11-31(12-4-1)40-26-37(27-42-41-25-34-15-7-8-16-35(34)28-45(41)54-46(40)42)30-19-21-33(22-20-30)48-50-47(32-13-5-2-6-14-32)51-49(52-48)36-23-24-39-38-17-9-10-18-43(38)53-44(39)29-36/h1-29H. The molecular formula is C49H29N3O2. The second-order valence-corrected chi connectivity index (χ2v) is 13.6. The van der Waals surface area contributed by atoms with Crippen LogP contribution >= 0.6 is 0 Å². The number of aromatic nitrogens is 3. The van der Waals surface area contributed by atoms with Crippen LogP contribution in [0.3, 0.4) is 0 Å². The Hall–Kier alpha value is -7.37.